The highest BCUT2D eigenvalue weighted by Gasteiger charge is 2.45. The van der Waals surface area contributed by atoms with Crippen LogP contribution in [-0.4, -0.2) is 211 Å². The van der Waals surface area contributed by atoms with E-state index in [1.54, 1.807) is 0 Å². The SMILES string of the molecule is NC(=O)c1cccc(C(=O)NCCCCC(NC(=O)C2CCCN2C(=O)CCSSCCC(=O)NCC#Cc2cn(C3CC(O)C(COP(=O)(O)OP(=O)(O)OP(=O)(O)O)O3)c(=O)nc2N)C(=O)N2CCCC2C(=O)NC(CC(=O)O)C(=O)NC(CC(=O)O)C(=O)O)c1. The highest BCUT2D eigenvalue weighted by atomic mass is 33.1. The molecule has 3 fully saturated rings. The van der Waals surface area contributed by atoms with Gasteiger partial charge in [-0.1, -0.05) is 39.5 Å². The molecule has 1 aromatic carbocycles. The lowest BCUT2D eigenvalue weighted by atomic mass is 10.0. The lowest BCUT2D eigenvalue weighted by Gasteiger charge is -2.31. The molecule has 3 aliphatic rings. The van der Waals surface area contributed by atoms with Crippen LogP contribution in [0.4, 0.5) is 5.82 Å². The number of carbonyl (C=O) groups excluding carboxylic acids is 8. The molecule has 2 aromatic rings. The molecular formula is C50H68N11O27P3S2. The molecule has 3 aliphatic heterocycles. The molecule has 4 heterocycles. The maximum atomic E-state index is 14.5. The fourth-order valence-corrected chi connectivity index (χ4v) is 14.4. The summed E-state index contributed by atoms with van der Waals surface area (Å²) in [5, 5.41) is 50.7. The van der Waals surface area contributed by atoms with Gasteiger partial charge in [0, 0.05) is 67.7 Å². The van der Waals surface area contributed by atoms with Crippen LogP contribution in [0.15, 0.2) is 35.3 Å². The molecule has 8 amide bonds. The minimum absolute atomic E-state index is 0.0109. The van der Waals surface area contributed by atoms with Crippen molar-refractivity contribution < 1.29 is 124 Å². The maximum absolute atomic E-state index is 14.5. The van der Waals surface area contributed by atoms with E-state index in [1.165, 1.54) is 50.8 Å². The molecule has 512 valence electrons. The fourth-order valence-electron chi connectivity index (χ4n) is 9.44. The smallest absolute Gasteiger partial charge is 0.481 e. The molecule has 3 saturated heterocycles. The quantitative estimate of drug-likeness (QED) is 0.0148. The summed E-state index contributed by atoms with van der Waals surface area (Å²) in [6, 6.07) is -1.89. The maximum Gasteiger partial charge on any atom is 0.490 e. The van der Waals surface area contributed by atoms with Gasteiger partial charge in [-0.25, -0.2) is 23.3 Å². The van der Waals surface area contributed by atoms with E-state index < -0.39 is 157 Å². The number of anilines is 1. The summed E-state index contributed by atoms with van der Waals surface area (Å²) in [5.74, 6) is -5.27. The predicted molar refractivity (Wildman–Crippen MR) is 320 cm³/mol. The van der Waals surface area contributed by atoms with Crippen molar-refractivity contribution in [2.45, 2.75) is 126 Å². The van der Waals surface area contributed by atoms with Crippen LogP contribution in [-0.2, 0) is 74.7 Å². The van der Waals surface area contributed by atoms with Crippen molar-refractivity contribution in [3.8, 4) is 11.8 Å². The van der Waals surface area contributed by atoms with E-state index in [2.05, 4.69) is 51.2 Å². The highest BCUT2D eigenvalue weighted by molar-refractivity contribution is 8.76. The Labute approximate surface area is 535 Å². The average molecular weight is 1410 g/mol. The number of phosphoric acid groups is 3. The van der Waals surface area contributed by atoms with Crippen molar-refractivity contribution in [1.29, 1.82) is 0 Å². The third-order valence-electron chi connectivity index (χ3n) is 13.8. The Kier molecular flexibility index (Phi) is 28.9. The Morgan fingerprint density at radius 3 is 2.03 bits per heavy atom. The van der Waals surface area contributed by atoms with Gasteiger partial charge in [-0.2, -0.15) is 13.6 Å². The Bertz CT molecular complexity index is 3420. The molecule has 17 N–H and O–H groups in total. The number of likely N-dealkylation sites (tertiary alicyclic amines) is 2. The number of hydrogen-bond acceptors (Lipinski definition) is 24. The number of aliphatic hydroxyl groups is 1. The first kappa shape index (κ1) is 76.4. The Morgan fingerprint density at radius 1 is 0.785 bits per heavy atom. The molecule has 0 spiro atoms. The normalized spacial score (nSPS) is 20.1. The standard InChI is InChI=1S/C50H68N11O27P3S2/c51-42-29(25-61(50(77)58-42)39-24-35(62)36(86-39)26-85-90(81,82)88-91(83,84)87-89(78,79)80)9-4-16-53-37(63)13-19-92-93-20-14-38(64)59-17-5-11-33(59)46(72)55-30(10-1-2-15-54-44(70)28-8-3-7-27(21-28)43(52)69)48(74)60-18-6-12-34(60)47(73)56-31(22-40(65)66)45(71)57-32(49(75)76)23-41(67)68/h3,7-8,21,25,30-36,39,62H,1-2,5-6,10-20,22-24,26H2,(H2,52,69)(H,53,63)(H,54,70)(H,55,72)(H,56,73)(H,57,71)(H,65,66)(H,67,68)(H,75,76)(H,81,82)(H,83,84)(H2,51,58,77)(H2,78,79,80). The summed E-state index contributed by atoms with van der Waals surface area (Å²) in [7, 11) is -14.5. The van der Waals surface area contributed by atoms with Gasteiger partial charge in [0.2, 0.25) is 41.4 Å². The number of nitrogen functional groups attached to an aromatic ring is 1. The zero-order valence-corrected chi connectivity index (χ0v) is 53.2. The van der Waals surface area contributed by atoms with Crippen molar-refractivity contribution >= 4 is 116 Å². The second-order valence-electron chi connectivity index (χ2n) is 20.6. The number of nitrogens with one attached hydrogen (secondary N) is 5. The van der Waals surface area contributed by atoms with Crippen LogP contribution in [0.3, 0.4) is 0 Å². The van der Waals surface area contributed by atoms with E-state index in [9.17, 15) is 96.3 Å². The van der Waals surface area contributed by atoms with Crippen LogP contribution >= 0.6 is 45.1 Å². The first-order valence-electron chi connectivity index (χ1n) is 28.0. The van der Waals surface area contributed by atoms with Crippen LogP contribution in [0.5, 0.6) is 0 Å². The number of unbranched alkanes of at least 4 members (excludes halogenated alkanes) is 1. The summed E-state index contributed by atoms with van der Waals surface area (Å²) in [6.45, 7) is -0.970. The van der Waals surface area contributed by atoms with Gasteiger partial charge in [-0.15, -0.1) is 0 Å². The van der Waals surface area contributed by atoms with Crippen LogP contribution < -0.4 is 43.7 Å². The Hall–Kier alpha value is -7.34. The monoisotopic (exact) mass is 1410 g/mol. The first-order valence-corrected chi connectivity index (χ1v) is 35.0. The molecule has 10 atom stereocenters. The van der Waals surface area contributed by atoms with Gasteiger partial charge in [0.05, 0.1) is 37.7 Å². The summed E-state index contributed by atoms with van der Waals surface area (Å²) >= 11 is 0. The minimum atomic E-state index is -5.83. The number of carbonyl (C=O) groups is 11. The zero-order chi connectivity index (χ0) is 69.0. The number of nitrogens with two attached hydrogens (primary N) is 2. The molecule has 0 bridgehead atoms. The largest absolute Gasteiger partial charge is 0.490 e. The topological polar surface area (TPSA) is 591 Å². The van der Waals surface area contributed by atoms with Crippen LogP contribution in [0.25, 0.3) is 0 Å². The summed E-state index contributed by atoms with van der Waals surface area (Å²) in [4.78, 5) is 196. The van der Waals surface area contributed by atoms with Gasteiger partial charge in [-0.3, -0.25) is 57.0 Å². The van der Waals surface area contributed by atoms with Crippen molar-refractivity contribution in [2.24, 2.45) is 5.73 Å². The average Bonchev–Trinajstić information content (AvgIpc) is 1.78. The second kappa shape index (κ2) is 35.2. The van der Waals surface area contributed by atoms with Crippen molar-refractivity contribution in [3.63, 3.8) is 0 Å². The number of ether oxygens (including phenoxy) is 1. The van der Waals surface area contributed by atoms with E-state index in [1.807, 2.05) is 5.32 Å². The van der Waals surface area contributed by atoms with Gasteiger partial charge >= 0.3 is 47.1 Å². The number of aromatic nitrogens is 2. The molecule has 0 radical (unpaired) electrons. The number of benzene rings is 1. The molecule has 38 nitrogen and oxygen atoms in total. The number of primary amides is 1. The van der Waals surface area contributed by atoms with Gasteiger partial charge in [0.15, 0.2) is 0 Å². The number of rotatable bonds is 35. The van der Waals surface area contributed by atoms with E-state index in [4.69, 9.17) is 31.1 Å². The molecule has 93 heavy (non-hydrogen) atoms. The number of nitrogens with zero attached hydrogens (tertiary/aromatic N) is 4. The van der Waals surface area contributed by atoms with Crippen LogP contribution in [0.2, 0.25) is 0 Å². The number of aliphatic carboxylic acids is 3. The molecule has 0 saturated carbocycles. The number of amides is 8. The first-order chi connectivity index (χ1) is 43.6. The van der Waals surface area contributed by atoms with E-state index in [0.29, 0.717) is 6.42 Å². The number of carboxylic acids is 3. The summed E-state index contributed by atoms with van der Waals surface area (Å²) < 4.78 is 52.8. The minimum Gasteiger partial charge on any atom is -0.481 e. The molecule has 43 heteroatoms. The van der Waals surface area contributed by atoms with Gasteiger partial charge < -0.3 is 92.6 Å². The van der Waals surface area contributed by atoms with Crippen molar-refractivity contribution in [1.82, 2.24) is 45.9 Å². The van der Waals surface area contributed by atoms with E-state index >= 15 is 0 Å². The second-order valence-corrected chi connectivity index (χ2v) is 27.7. The lowest BCUT2D eigenvalue weighted by molar-refractivity contribution is -0.148. The lowest BCUT2D eigenvalue weighted by Crippen LogP contribution is -2.58. The van der Waals surface area contributed by atoms with E-state index in [-0.39, 0.29) is 124 Å². The van der Waals surface area contributed by atoms with Crippen LogP contribution in [0, 0.1) is 11.8 Å². The Balaban J connectivity index is 1.12. The molecule has 0 aliphatic carbocycles. The third-order valence-corrected chi connectivity index (χ3v) is 20.0. The summed E-state index contributed by atoms with van der Waals surface area (Å²) in [6.07, 6.45) is -4.32. The summed E-state index contributed by atoms with van der Waals surface area (Å²) in [5.41, 5.74) is 10.5. The molecule has 5 rings (SSSR count). The van der Waals surface area contributed by atoms with Gasteiger partial charge in [0.1, 0.15) is 48.4 Å². The van der Waals surface area contributed by atoms with Gasteiger partial charge in [-0.05, 0) is 63.1 Å². The number of aliphatic hydroxyl groups excluding tert-OH is 1. The third kappa shape index (κ3) is 24.8. The van der Waals surface area contributed by atoms with Crippen molar-refractivity contribution in [2.75, 3.05) is 50.0 Å². The zero-order valence-electron chi connectivity index (χ0n) is 48.9. The van der Waals surface area contributed by atoms with E-state index in [0.717, 1.165) is 15.7 Å². The molecular weight excluding hydrogens is 1340 g/mol. The number of hydrogen-bond donors (Lipinski definition) is 15. The highest BCUT2D eigenvalue weighted by Crippen LogP contribution is 2.66. The molecule has 10 unspecified atom stereocenters. The molecule has 1 aromatic heterocycles. The number of phosphoric ester groups is 1. The van der Waals surface area contributed by atoms with Crippen molar-refractivity contribution in [3.05, 3.63) is 57.6 Å². The number of carboxylic acid groups (broad SMARTS) is 3. The van der Waals surface area contributed by atoms with Gasteiger partial charge in [0.25, 0.3) is 5.91 Å². The van der Waals surface area contributed by atoms with Crippen LogP contribution in [0.1, 0.15) is 110 Å². The predicted octanol–water partition coefficient (Wildman–Crippen LogP) is -2.38. The Morgan fingerprint density at radius 2 is 1.40 bits per heavy atom. The fraction of sp³-hybridized carbons (Fsp3) is 0.540.